The van der Waals surface area contributed by atoms with Gasteiger partial charge in [0.15, 0.2) is 0 Å². The van der Waals surface area contributed by atoms with Crippen molar-refractivity contribution in [2.24, 2.45) is 5.41 Å². The maximum atomic E-state index is 12.6. The van der Waals surface area contributed by atoms with Gasteiger partial charge in [0.1, 0.15) is 0 Å². The summed E-state index contributed by atoms with van der Waals surface area (Å²) in [6.45, 7) is 3.27. The molecule has 0 saturated heterocycles. The molecule has 0 saturated carbocycles. The third-order valence-electron chi connectivity index (χ3n) is 2.31. The Bertz CT molecular complexity index is 360. The molecule has 0 bridgehead atoms. The number of alkyl halides is 3. The molecule has 0 unspecified atom stereocenters. The molecule has 0 aliphatic rings. The Balaban J connectivity index is 3.06. The van der Waals surface area contributed by atoms with Crippen LogP contribution in [0.4, 0.5) is 13.2 Å². The van der Waals surface area contributed by atoms with Crippen LogP contribution in [0.3, 0.4) is 0 Å². The van der Waals surface area contributed by atoms with Crippen LogP contribution in [-0.2, 0) is 12.6 Å². The highest BCUT2D eigenvalue weighted by Crippen LogP contribution is 2.34. The fourth-order valence-electron chi connectivity index (χ4n) is 1.40. The lowest BCUT2D eigenvalue weighted by Gasteiger charge is -2.23. The Kier molecular flexibility index (Phi) is 3.57. The summed E-state index contributed by atoms with van der Waals surface area (Å²) >= 11 is 0. The van der Waals surface area contributed by atoms with E-state index in [0.29, 0.717) is 0 Å². The van der Waals surface area contributed by atoms with Gasteiger partial charge in [0.05, 0.1) is 5.56 Å². The lowest BCUT2D eigenvalue weighted by atomic mass is 9.85. The molecule has 1 aromatic heterocycles. The van der Waals surface area contributed by atoms with Crippen LogP contribution in [0.5, 0.6) is 0 Å². The molecule has 5 heteroatoms. The van der Waals surface area contributed by atoms with Gasteiger partial charge in [-0.25, -0.2) is 0 Å². The molecule has 0 aliphatic heterocycles. The lowest BCUT2D eigenvalue weighted by molar-refractivity contribution is -0.138. The second-order valence-corrected chi connectivity index (χ2v) is 4.53. The first-order valence-electron chi connectivity index (χ1n) is 4.87. The Labute approximate surface area is 92.1 Å². The molecule has 90 valence electrons. The van der Waals surface area contributed by atoms with Gasteiger partial charge < -0.3 is 5.11 Å². The topological polar surface area (TPSA) is 33.1 Å². The van der Waals surface area contributed by atoms with Gasteiger partial charge in [-0.05, 0) is 23.5 Å². The Hall–Kier alpha value is -1.10. The predicted molar refractivity (Wildman–Crippen MR) is 53.8 cm³/mol. The van der Waals surface area contributed by atoms with E-state index in [0.717, 1.165) is 6.20 Å². The molecule has 16 heavy (non-hydrogen) atoms. The van der Waals surface area contributed by atoms with Crippen LogP contribution in [0.15, 0.2) is 18.5 Å². The number of rotatable bonds is 3. The number of aliphatic hydroxyl groups is 1. The number of aliphatic hydroxyl groups excluding tert-OH is 1. The van der Waals surface area contributed by atoms with Gasteiger partial charge in [0.25, 0.3) is 0 Å². The van der Waals surface area contributed by atoms with Crippen LogP contribution in [0.2, 0.25) is 0 Å². The lowest BCUT2D eigenvalue weighted by Crippen LogP contribution is -2.22. The van der Waals surface area contributed by atoms with E-state index in [1.807, 2.05) is 0 Å². The van der Waals surface area contributed by atoms with Crippen molar-refractivity contribution >= 4 is 0 Å². The van der Waals surface area contributed by atoms with Gasteiger partial charge in [0.2, 0.25) is 0 Å². The summed E-state index contributed by atoms with van der Waals surface area (Å²) in [5.74, 6) is 0. The summed E-state index contributed by atoms with van der Waals surface area (Å²) < 4.78 is 37.9. The van der Waals surface area contributed by atoms with Crippen LogP contribution in [0, 0.1) is 5.41 Å². The first-order chi connectivity index (χ1) is 7.26. The molecular weight excluding hydrogens is 219 g/mol. The molecule has 0 aromatic carbocycles. The van der Waals surface area contributed by atoms with Crippen molar-refractivity contribution in [3.05, 3.63) is 29.6 Å². The third-order valence-corrected chi connectivity index (χ3v) is 2.31. The van der Waals surface area contributed by atoms with E-state index in [1.165, 1.54) is 12.3 Å². The summed E-state index contributed by atoms with van der Waals surface area (Å²) in [6, 6.07) is 1.35. The standard InChI is InChI=1S/C11H14F3NO/c1-10(2,7-16)5-8-3-4-15-6-9(8)11(12,13)14/h3-4,6,16H,5,7H2,1-2H3. The smallest absolute Gasteiger partial charge is 0.396 e. The van der Waals surface area contributed by atoms with Crippen LogP contribution >= 0.6 is 0 Å². The second kappa shape index (κ2) is 4.41. The number of halogens is 3. The van der Waals surface area contributed by atoms with E-state index < -0.39 is 17.2 Å². The molecule has 0 atom stereocenters. The number of pyridine rings is 1. The van der Waals surface area contributed by atoms with Gasteiger partial charge in [0, 0.05) is 19.0 Å². The van der Waals surface area contributed by atoms with Crippen molar-refractivity contribution in [3.63, 3.8) is 0 Å². The van der Waals surface area contributed by atoms with Gasteiger partial charge in [-0.3, -0.25) is 4.98 Å². The Morgan fingerprint density at radius 1 is 1.31 bits per heavy atom. The molecule has 0 radical (unpaired) electrons. The highest BCUT2D eigenvalue weighted by atomic mass is 19.4. The molecule has 1 heterocycles. The van der Waals surface area contributed by atoms with Crippen molar-refractivity contribution < 1.29 is 18.3 Å². The third kappa shape index (κ3) is 3.20. The zero-order valence-corrected chi connectivity index (χ0v) is 9.17. The van der Waals surface area contributed by atoms with E-state index in [2.05, 4.69) is 4.98 Å². The zero-order valence-electron chi connectivity index (χ0n) is 9.17. The van der Waals surface area contributed by atoms with Crippen molar-refractivity contribution in [1.82, 2.24) is 4.98 Å². The summed E-state index contributed by atoms with van der Waals surface area (Å²) in [6.07, 6.45) is -2.07. The first kappa shape index (κ1) is 13.0. The number of aromatic nitrogens is 1. The maximum Gasteiger partial charge on any atom is 0.418 e. The Morgan fingerprint density at radius 3 is 2.44 bits per heavy atom. The van der Waals surface area contributed by atoms with E-state index in [9.17, 15) is 13.2 Å². The Morgan fingerprint density at radius 2 is 1.94 bits per heavy atom. The monoisotopic (exact) mass is 233 g/mol. The molecule has 1 aromatic rings. The van der Waals surface area contributed by atoms with Gasteiger partial charge in [-0.2, -0.15) is 13.2 Å². The summed E-state index contributed by atoms with van der Waals surface area (Å²) in [4.78, 5) is 3.49. The van der Waals surface area contributed by atoms with Gasteiger partial charge >= 0.3 is 6.18 Å². The minimum atomic E-state index is -4.39. The van der Waals surface area contributed by atoms with E-state index in [4.69, 9.17) is 5.11 Å². The second-order valence-electron chi connectivity index (χ2n) is 4.53. The average molecular weight is 233 g/mol. The predicted octanol–water partition coefficient (Wildman–Crippen LogP) is 2.66. The largest absolute Gasteiger partial charge is 0.418 e. The van der Waals surface area contributed by atoms with E-state index in [1.54, 1.807) is 13.8 Å². The maximum absolute atomic E-state index is 12.6. The van der Waals surface area contributed by atoms with Gasteiger partial charge in [-0.1, -0.05) is 13.8 Å². The summed E-state index contributed by atoms with van der Waals surface area (Å²) in [5, 5.41) is 9.05. The summed E-state index contributed by atoms with van der Waals surface area (Å²) in [5.41, 5.74) is -1.13. The summed E-state index contributed by atoms with van der Waals surface area (Å²) in [7, 11) is 0. The SMILES string of the molecule is CC(C)(CO)Cc1ccncc1C(F)(F)F. The first-order valence-corrected chi connectivity index (χ1v) is 4.87. The number of hydrogen-bond acceptors (Lipinski definition) is 2. The zero-order chi connectivity index (χ0) is 12.4. The minimum Gasteiger partial charge on any atom is -0.396 e. The molecular formula is C11H14F3NO. The van der Waals surface area contributed by atoms with Crippen molar-refractivity contribution in [2.75, 3.05) is 6.61 Å². The fraction of sp³-hybridized carbons (Fsp3) is 0.545. The molecule has 1 rings (SSSR count). The van der Waals surface area contributed by atoms with Crippen molar-refractivity contribution in [3.8, 4) is 0 Å². The minimum absolute atomic E-state index is 0.160. The average Bonchev–Trinajstić information content (AvgIpc) is 2.16. The van der Waals surface area contributed by atoms with Gasteiger partial charge in [-0.15, -0.1) is 0 Å². The number of nitrogens with zero attached hydrogens (tertiary/aromatic N) is 1. The molecule has 1 N–H and O–H groups in total. The molecule has 0 fully saturated rings. The quantitative estimate of drug-likeness (QED) is 0.870. The van der Waals surface area contributed by atoms with Crippen LogP contribution in [0.25, 0.3) is 0 Å². The molecule has 0 aliphatic carbocycles. The molecule has 0 spiro atoms. The number of hydrogen-bond donors (Lipinski definition) is 1. The van der Waals surface area contributed by atoms with E-state index >= 15 is 0 Å². The normalized spacial score (nSPS) is 12.9. The highest BCUT2D eigenvalue weighted by molar-refractivity contribution is 5.27. The van der Waals surface area contributed by atoms with Crippen LogP contribution in [0.1, 0.15) is 25.0 Å². The molecule has 2 nitrogen and oxygen atoms in total. The highest BCUT2D eigenvalue weighted by Gasteiger charge is 2.34. The molecule has 0 amide bonds. The fourth-order valence-corrected chi connectivity index (χ4v) is 1.40. The van der Waals surface area contributed by atoms with Crippen LogP contribution < -0.4 is 0 Å². The van der Waals surface area contributed by atoms with Crippen molar-refractivity contribution in [2.45, 2.75) is 26.4 Å². The van der Waals surface area contributed by atoms with Crippen molar-refractivity contribution in [1.29, 1.82) is 0 Å². The van der Waals surface area contributed by atoms with Crippen LogP contribution in [-0.4, -0.2) is 16.7 Å². The van der Waals surface area contributed by atoms with E-state index in [-0.39, 0.29) is 18.6 Å².